The summed E-state index contributed by atoms with van der Waals surface area (Å²) in [6.07, 6.45) is 41.9. The van der Waals surface area contributed by atoms with Crippen LogP contribution in [0, 0.1) is 0 Å². The van der Waals surface area contributed by atoms with E-state index in [0.29, 0.717) is 59.0 Å². The van der Waals surface area contributed by atoms with Crippen LogP contribution in [-0.2, 0) is 57.0 Å². The van der Waals surface area contributed by atoms with E-state index < -0.39 is 80.4 Å². The third-order valence-electron chi connectivity index (χ3n) is 18.2. The summed E-state index contributed by atoms with van der Waals surface area (Å²) in [5, 5.41) is 84.7. The molecule has 23 heteroatoms. The molecule has 3 rings (SSSR count). The van der Waals surface area contributed by atoms with Crippen molar-refractivity contribution in [1.29, 1.82) is 0 Å². The molecule has 0 radical (unpaired) electrons. The highest BCUT2D eigenvalue weighted by molar-refractivity contribution is 5.76. The molecule has 578 valence electrons. The molecule has 3 saturated heterocycles. The van der Waals surface area contributed by atoms with Gasteiger partial charge < -0.3 is 104 Å². The van der Waals surface area contributed by atoms with Crippen molar-refractivity contribution in [1.82, 2.24) is 15.5 Å². The number of hydrogen-bond donors (Lipinski definition) is 10. The van der Waals surface area contributed by atoms with Crippen molar-refractivity contribution in [3.05, 3.63) is 48.6 Å². The van der Waals surface area contributed by atoms with Crippen LogP contribution in [0.2, 0.25) is 0 Å². The molecule has 0 aromatic heterocycles. The van der Waals surface area contributed by atoms with Crippen LogP contribution in [0.3, 0.4) is 0 Å². The topological polar surface area (TPSA) is 316 Å². The maximum atomic E-state index is 12.8. The second kappa shape index (κ2) is 61.4. The molecule has 3 fully saturated rings. The molecule has 0 spiro atoms. The van der Waals surface area contributed by atoms with E-state index in [4.69, 9.17) is 47.4 Å². The minimum Gasteiger partial charge on any atom is -0.394 e. The van der Waals surface area contributed by atoms with E-state index in [1.165, 1.54) is 116 Å². The molecule has 3 aliphatic rings. The van der Waals surface area contributed by atoms with Crippen LogP contribution < -0.4 is 10.6 Å². The van der Waals surface area contributed by atoms with Gasteiger partial charge in [0.25, 0.3) is 0 Å². The van der Waals surface area contributed by atoms with Crippen molar-refractivity contribution in [3.63, 3.8) is 0 Å². The van der Waals surface area contributed by atoms with Crippen LogP contribution in [0.25, 0.3) is 0 Å². The first kappa shape index (κ1) is 90.4. The number of carbonyl (C=O) groups excluding carboxylic acids is 2. The lowest BCUT2D eigenvalue weighted by molar-refractivity contribution is -0.302. The van der Waals surface area contributed by atoms with Gasteiger partial charge in [-0.25, -0.2) is 0 Å². The largest absolute Gasteiger partial charge is 0.394 e. The number of nitrogens with one attached hydrogen (secondary N) is 2. The first-order chi connectivity index (χ1) is 48.4. The summed E-state index contributed by atoms with van der Waals surface area (Å²) in [6.45, 7) is 9.44. The van der Waals surface area contributed by atoms with Gasteiger partial charge in [0, 0.05) is 45.3 Å². The molecular weight excluding hydrogens is 1270 g/mol. The zero-order valence-electron chi connectivity index (χ0n) is 61.2. The highest BCUT2D eigenvalue weighted by Gasteiger charge is 2.45. The number of unbranched alkanes of at least 4 members (excludes halogenated alkanes) is 22. The summed E-state index contributed by atoms with van der Waals surface area (Å²) < 4.78 is 57.7. The fourth-order valence-corrected chi connectivity index (χ4v) is 12.2. The summed E-state index contributed by atoms with van der Waals surface area (Å²) in [4.78, 5) is 28.1. The van der Waals surface area contributed by atoms with E-state index in [1.54, 1.807) is 0 Å². The molecule has 2 amide bonds. The van der Waals surface area contributed by atoms with E-state index in [-0.39, 0.29) is 57.6 Å². The fourth-order valence-electron chi connectivity index (χ4n) is 12.2. The number of hydrogen-bond acceptors (Lipinski definition) is 21. The molecule has 0 bridgehead atoms. The van der Waals surface area contributed by atoms with Crippen molar-refractivity contribution in [2.75, 3.05) is 119 Å². The minimum atomic E-state index is -1.51. The van der Waals surface area contributed by atoms with Crippen LogP contribution >= 0.6 is 0 Å². The first-order valence-corrected chi connectivity index (χ1v) is 38.7. The van der Waals surface area contributed by atoms with Gasteiger partial charge in [0.1, 0.15) is 48.8 Å². The van der Waals surface area contributed by atoms with Crippen LogP contribution in [0.15, 0.2) is 48.6 Å². The maximum absolute atomic E-state index is 12.8. The lowest BCUT2D eigenvalue weighted by atomic mass is 9.98. The molecular formula is C76H139N3O20. The van der Waals surface area contributed by atoms with Crippen molar-refractivity contribution >= 4 is 11.8 Å². The number of rotatable bonds is 66. The highest BCUT2D eigenvalue weighted by Crippen LogP contribution is 2.35. The second-order valence-electron chi connectivity index (χ2n) is 26.8. The van der Waals surface area contributed by atoms with Gasteiger partial charge in [0.2, 0.25) is 11.8 Å². The Hall–Kier alpha value is -2.86. The smallest absolute Gasteiger partial charge is 0.220 e. The summed E-state index contributed by atoms with van der Waals surface area (Å²) in [6, 6.07) is 0. The normalized spacial score (nSPS) is 23.5. The number of nitrogens with zero attached hydrogens (tertiary/aromatic N) is 1. The van der Waals surface area contributed by atoms with Crippen LogP contribution in [-0.4, -0.2) is 249 Å². The molecule has 0 aromatic carbocycles. The maximum Gasteiger partial charge on any atom is 0.220 e. The van der Waals surface area contributed by atoms with Gasteiger partial charge in [-0.2, -0.15) is 0 Å². The van der Waals surface area contributed by atoms with E-state index >= 15 is 0 Å². The Kier molecular flexibility index (Phi) is 56.1. The summed E-state index contributed by atoms with van der Waals surface area (Å²) in [7, 11) is 0. The zero-order valence-corrected chi connectivity index (χ0v) is 61.2. The molecule has 99 heavy (non-hydrogen) atoms. The number of aliphatic hydroxyl groups is 8. The monoisotopic (exact) mass is 1410 g/mol. The Labute approximate surface area is 595 Å². The molecule has 10 N–H and O–H groups in total. The minimum absolute atomic E-state index is 0.0235. The Morgan fingerprint density at radius 3 is 1.20 bits per heavy atom. The van der Waals surface area contributed by atoms with E-state index in [9.17, 15) is 50.4 Å². The SMILES string of the molecule is CCCCC/C=C\C/C=C\CCCCCCCCC1(CCCCCCCC/C=C\C/C=C\CCCCC)OC[C@H](CN(CCCCCC(=O)NCCOCCOCCO[C@@H]2OC(CO)[C@H](O)[C@H](O)C2O)CCCCCC(=O)NCCOCCOCCO[C@@H]2OC(CO)[C@H](O)[C@H](O)C2O)O1. The number of aliphatic hydroxyl groups excluding tert-OH is 8. The fraction of sp³-hybridized carbons (Fsp3) is 0.868. The van der Waals surface area contributed by atoms with E-state index in [1.807, 2.05) is 0 Å². The van der Waals surface area contributed by atoms with Crippen LogP contribution in [0.4, 0.5) is 0 Å². The number of allylic oxidation sites excluding steroid dienone is 8. The predicted octanol–water partition coefficient (Wildman–Crippen LogP) is 8.86. The van der Waals surface area contributed by atoms with Gasteiger partial charge in [0.15, 0.2) is 18.4 Å². The molecule has 0 aliphatic carbocycles. The van der Waals surface area contributed by atoms with Gasteiger partial charge in [-0.1, -0.05) is 152 Å². The average molecular weight is 1410 g/mol. The second-order valence-corrected chi connectivity index (χ2v) is 26.8. The van der Waals surface area contributed by atoms with Crippen molar-refractivity contribution in [3.8, 4) is 0 Å². The summed E-state index contributed by atoms with van der Waals surface area (Å²) in [5.41, 5.74) is 0. The van der Waals surface area contributed by atoms with Gasteiger partial charge >= 0.3 is 0 Å². The van der Waals surface area contributed by atoms with Crippen LogP contribution in [0.5, 0.6) is 0 Å². The number of carbonyl (C=O) groups is 2. The summed E-state index contributed by atoms with van der Waals surface area (Å²) >= 11 is 0. The third-order valence-corrected chi connectivity index (χ3v) is 18.2. The van der Waals surface area contributed by atoms with Gasteiger partial charge in [-0.05, 0) is 116 Å². The van der Waals surface area contributed by atoms with Crippen LogP contribution in [0.1, 0.15) is 232 Å². The Bertz CT molecular complexity index is 1900. The lowest BCUT2D eigenvalue weighted by Gasteiger charge is -2.39. The predicted molar refractivity (Wildman–Crippen MR) is 384 cm³/mol. The Morgan fingerprint density at radius 2 is 0.798 bits per heavy atom. The highest BCUT2D eigenvalue weighted by atomic mass is 16.7. The van der Waals surface area contributed by atoms with Crippen molar-refractivity contribution in [2.24, 2.45) is 0 Å². The third kappa shape index (κ3) is 44.5. The van der Waals surface area contributed by atoms with Crippen molar-refractivity contribution < 1.29 is 97.8 Å². The molecule has 0 aromatic rings. The van der Waals surface area contributed by atoms with Crippen molar-refractivity contribution in [2.45, 2.75) is 305 Å². The molecule has 11 atom stereocenters. The zero-order chi connectivity index (χ0) is 71.5. The standard InChI is InChI=1S/C76H139N3O20/c1-3-5-7-9-11-13-15-17-19-21-23-25-27-29-31-37-43-76(44-38-32-30-28-26-24-22-20-18-16-14-12-10-8-6-4-2)96-62-63(99-76)59-79(47-39-33-35-41-66(82)77-45-49-90-51-53-92-55-57-94-74-72(88)70(86)68(84)64(60-80)97-74)48-40-34-36-42-67(83)78-46-50-91-52-54-93-56-58-95-75-73(89)71(87)69(85)65(61-81)98-75/h11-14,17-20,63-65,68-75,80-81,84-89H,3-10,15-16,21-62H2,1-2H3,(H,77,82)(H,78,83)/b13-11-,14-12-,19-17-,20-18-/t63-,64?,65?,68-,69-,70-,71-,72?,73?,74+,75+/m0/s1. The first-order valence-electron chi connectivity index (χ1n) is 38.7. The van der Waals surface area contributed by atoms with Gasteiger partial charge in [-0.15, -0.1) is 0 Å². The Balaban J connectivity index is 1.44. The quantitative estimate of drug-likeness (QED) is 0.0201. The molecule has 0 saturated carbocycles. The number of amides is 2. The molecule has 23 nitrogen and oxygen atoms in total. The Morgan fingerprint density at radius 1 is 0.434 bits per heavy atom. The number of ether oxygens (including phenoxy) is 10. The average Bonchev–Trinajstić information content (AvgIpc) is 1.41. The van der Waals surface area contributed by atoms with E-state index in [2.05, 4.69) is 78.0 Å². The van der Waals surface area contributed by atoms with Gasteiger partial charge in [0.05, 0.1) is 92.0 Å². The molecule has 3 aliphatic heterocycles. The van der Waals surface area contributed by atoms with E-state index in [0.717, 1.165) is 110 Å². The molecule has 4 unspecified atom stereocenters. The molecule has 3 heterocycles. The lowest BCUT2D eigenvalue weighted by Crippen LogP contribution is -2.59. The summed E-state index contributed by atoms with van der Waals surface area (Å²) in [5.74, 6) is -0.607. The van der Waals surface area contributed by atoms with Gasteiger partial charge in [-0.3, -0.25) is 9.59 Å².